The lowest BCUT2D eigenvalue weighted by atomic mass is 10.2. The molecule has 104 valence electrons. The van der Waals surface area contributed by atoms with E-state index in [9.17, 15) is 0 Å². The predicted molar refractivity (Wildman–Crippen MR) is 76.8 cm³/mol. The third-order valence-electron chi connectivity index (χ3n) is 3.10. The van der Waals surface area contributed by atoms with Gasteiger partial charge in [0.05, 0.1) is 22.6 Å². The molecule has 0 aromatic carbocycles. The minimum absolute atomic E-state index is 0.673. The third-order valence-corrected chi connectivity index (χ3v) is 3.47. The highest BCUT2D eigenvalue weighted by molar-refractivity contribution is 6.31. The molecule has 0 radical (unpaired) electrons. The first-order chi connectivity index (χ1) is 9.04. The molecule has 0 bridgehead atoms. The van der Waals surface area contributed by atoms with Gasteiger partial charge in [0, 0.05) is 19.2 Å². The van der Waals surface area contributed by atoms with Gasteiger partial charge in [0.2, 0.25) is 0 Å². The molecule has 0 aliphatic rings. The van der Waals surface area contributed by atoms with E-state index in [4.69, 9.17) is 11.6 Å². The van der Waals surface area contributed by atoms with Gasteiger partial charge in [-0.3, -0.25) is 4.68 Å². The van der Waals surface area contributed by atoms with Crippen molar-refractivity contribution in [3.8, 4) is 5.82 Å². The van der Waals surface area contributed by atoms with Crippen molar-refractivity contribution in [3.05, 3.63) is 28.2 Å². The maximum atomic E-state index is 6.09. The summed E-state index contributed by atoms with van der Waals surface area (Å²) in [6, 6.07) is 0. The first-order valence-corrected chi connectivity index (χ1v) is 6.87. The van der Waals surface area contributed by atoms with E-state index in [1.807, 2.05) is 31.8 Å². The Bertz CT molecular complexity index is 550. The number of nitrogens with zero attached hydrogens (tertiary/aromatic N) is 4. The summed E-state index contributed by atoms with van der Waals surface area (Å²) in [5, 5.41) is 13.0. The molecular formula is C13H20ClN5. The number of aryl methyl sites for hydroxylation is 3. The molecule has 0 fully saturated rings. The largest absolute Gasteiger partial charge is 0.312 e. The maximum Gasteiger partial charge on any atom is 0.156 e. The van der Waals surface area contributed by atoms with E-state index in [0.717, 1.165) is 42.3 Å². The summed E-state index contributed by atoms with van der Waals surface area (Å²) in [7, 11) is 1.93. The minimum atomic E-state index is 0.673. The monoisotopic (exact) mass is 281 g/mol. The van der Waals surface area contributed by atoms with Crippen LogP contribution in [0.1, 0.15) is 30.3 Å². The molecule has 6 heteroatoms. The number of aromatic nitrogens is 4. The minimum Gasteiger partial charge on any atom is -0.312 e. The maximum absolute atomic E-state index is 6.09. The summed E-state index contributed by atoms with van der Waals surface area (Å²) in [5.41, 5.74) is 3.01. The van der Waals surface area contributed by atoms with E-state index in [2.05, 4.69) is 22.4 Å². The Morgan fingerprint density at radius 3 is 2.58 bits per heavy atom. The van der Waals surface area contributed by atoms with E-state index < -0.39 is 0 Å². The average Bonchev–Trinajstić information content (AvgIpc) is 2.81. The first kappa shape index (κ1) is 14.1. The second-order valence-electron chi connectivity index (χ2n) is 4.69. The summed E-state index contributed by atoms with van der Waals surface area (Å²) in [6.07, 6.45) is 2.94. The van der Waals surface area contributed by atoms with Crippen molar-refractivity contribution in [3.63, 3.8) is 0 Å². The third kappa shape index (κ3) is 2.82. The van der Waals surface area contributed by atoms with Crippen LogP contribution < -0.4 is 5.32 Å². The number of hydrogen-bond acceptors (Lipinski definition) is 3. The molecule has 0 amide bonds. The Morgan fingerprint density at radius 1 is 1.26 bits per heavy atom. The Balaban J connectivity index is 2.38. The zero-order valence-corrected chi connectivity index (χ0v) is 12.6. The molecule has 2 aromatic heterocycles. The average molecular weight is 282 g/mol. The van der Waals surface area contributed by atoms with Gasteiger partial charge in [0.15, 0.2) is 5.82 Å². The molecule has 2 aromatic rings. The van der Waals surface area contributed by atoms with Gasteiger partial charge in [-0.1, -0.05) is 18.5 Å². The summed E-state index contributed by atoms with van der Waals surface area (Å²) in [5.74, 6) is 0.969. The second kappa shape index (κ2) is 5.75. The molecule has 1 N–H and O–H groups in total. The van der Waals surface area contributed by atoms with Crippen molar-refractivity contribution in [2.24, 2.45) is 7.05 Å². The van der Waals surface area contributed by atoms with Crippen LogP contribution in [0.5, 0.6) is 0 Å². The van der Waals surface area contributed by atoms with Crippen LogP contribution in [0.4, 0.5) is 0 Å². The van der Waals surface area contributed by atoms with Crippen molar-refractivity contribution in [2.75, 3.05) is 6.54 Å². The highest BCUT2D eigenvalue weighted by Crippen LogP contribution is 2.21. The topological polar surface area (TPSA) is 47.7 Å². The smallest absolute Gasteiger partial charge is 0.156 e. The fourth-order valence-corrected chi connectivity index (χ4v) is 2.25. The van der Waals surface area contributed by atoms with Gasteiger partial charge in [-0.05, 0) is 26.8 Å². The quantitative estimate of drug-likeness (QED) is 0.856. The molecule has 5 nitrogen and oxygen atoms in total. The summed E-state index contributed by atoms with van der Waals surface area (Å²) < 4.78 is 3.65. The zero-order chi connectivity index (χ0) is 14.0. The molecule has 0 aliphatic heterocycles. The highest BCUT2D eigenvalue weighted by atomic mass is 35.5. The summed E-state index contributed by atoms with van der Waals surface area (Å²) in [4.78, 5) is 0. The Hall–Kier alpha value is -1.33. The Labute approximate surface area is 118 Å². The SMILES string of the molecule is CCCNCc1c(C)nn(C)c1-n1cc(Cl)c(C)n1. The van der Waals surface area contributed by atoms with E-state index in [-0.39, 0.29) is 0 Å². The van der Waals surface area contributed by atoms with Crippen molar-refractivity contribution in [1.82, 2.24) is 24.9 Å². The van der Waals surface area contributed by atoms with E-state index in [1.165, 1.54) is 0 Å². The van der Waals surface area contributed by atoms with Gasteiger partial charge >= 0.3 is 0 Å². The highest BCUT2D eigenvalue weighted by Gasteiger charge is 2.16. The van der Waals surface area contributed by atoms with Crippen molar-refractivity contribution < 1.29 is 0 Å². The van der Waals surface area contributed by atoms with Gasteiger partial charge in [-0.15, -0.1) is 0 Å². The summed E-state index contributed by atoms with van der Waals surface area (Å²) in [6.45, 7) is 7.86. The second-order valence-corrected chi connectivity index (χ2v) is 5.10. The van der Waals surface area contributed by atoms with Crippen LogP contribution in [0.2, 0.25) is 5.02 Å². The van der Waals surface area contributed by atoms with E-state index >= 15 is 0 Å². The fraction of sp³-hybridized carbons (Fsp3) is 0.538. The van der Waals surface area contributed by atoms with Crippen LogP contribution in [0.25, 0.3) is 5.82 Å². The lowest BCUT2D eigenvalue weighted by Gasteiger charge is -2.07. The molecule has 0 saturated carbocycles. The molecule has 0 aliphatic carbocycles. The van der Waals surface area contributed by atoms with Crippen LogP contribution in [0, 0.1) is 13.8 Å². The van der Waals surface area contributed by atoms with Crippen molar-refractivity contribution in [2.45, 2.75) is 33.7 Å². The first-order valence-electron chi connectivity index (χ1n) is 6.50. The van der Waals surface area contributed by atoms with E-state index in [1.54, 1.807) is 4.68 Å². The van der Waals surface area contributed by atoms with Gasteiger partial charge < -0.3 is 5.32 Å². The van der Waals surface area contributed by atoms with Crippen LogP contribution in [-0.2, 0) is 13.6 Å². The Kier molecular flexibility index (Phi) is 4.27. The fourth-order valence-electron chi connectivity index (χ4n) is 2.12. The molecule has 0 atom stereocenters. The Morgan fingerprint density at radius 2 is 2.00 bits per heavy atom. The standard InChI is InChI=1S/C13H20ClN5/c1-5-6-15-7-11-9(2)16-18(4)13(11)19-8-12(14)10(3)17-19/h8,15H,5-7H2,1-4H3. The van der Waals surface area contributed by atoms with Crippen LogP contribution in [-0.4, -0.2) is 26.1 Å². The number of nitrogens with one attached hydrogen (secondary N) is 1. The lowest BCUT2D eigenvalue weighted by Crippen LogP contribution is -2.16. The van der Waals surface area contributed by atoms with Crippen LogP contribution in [0.3, 0.4) is 0 Å². The van der Waals surface area contributed by atoms with Gasteiger partial charge in [0.25, 0.3) is 0 Å². The molecule has 0 unspecified atom stereocenters. The van der Waals surface area contributed by atoms with Crippen LogP contribution in [0.15, 0.2) is 6.20 Å². The molecule has 2 rings (SSSR count). The lowest BCUT2D eigenvalue weighted by molar-refractivity contribution is 0.658. The molecule has 0 spiro atoms. The molecular weight excluding hydrogens is 262 g/mol. The van der Waals surface area contributed by atoms with Gasteiger partial charge in [0.1, 0.15) is 0 Å². The molecule has 19 heavy (non-hydrogen) atoms. The van der Waals surface area contributed by atoms with Crippen molar-refractivity contribution in [1.29, 1.82) is 0 Å². The molecule has 2 heterocycles. The van der Waals surface area contributed by atoms with E-state index in [0.29, 0.717) is 5.02 Å². The number of hydrogen-bond donors (Lipinski definition) is 1. The predicted octanol–water partition coefficient (Wildman–Crippen LogP) is 2.38. The van der Waals surface area contributed by atoms with Gasteiger partial charge in [-0.25, -0.2) is 4.68 Å². The number of halogens is 1. The van der Waals surface area contributed by atoms with Gasteiger partial charge in [-0.2, -0.15) is 10.2 Å². The zero-order valence-electron chi connectivity index (χ0n) is 11.9. The van der Waals surface area contributed by atoms with Crippen LogP contribution >= 0.6 is 11.6 Å². The van der Waals surface area contributed by atoms with Crippen molar-refractivity contribution >= 4 is 11.6 Å². The number of rotatable bonds is 5. The normalized spacial score (nSPS) is 11.2. The molecule has 0 saturated heterocycles. The summed E-state index contributed by atoms with van der Waals surface area (Å²) >= 11 is 6.09.